The Labute approximate surface area is 230 Å². The molecular formula is C28H30O4S4. The van der Waals surface area contributed by atoms with Crippen LogP contribution in [-0.4, -0.2) is 47.2 Å². The van der Waals surface area contributed by atoms with Crippen molar-refractivity contribution in [2.45, 2.75) is 33.5 Å². The van der Waals surface area contributed by atoms with Crippen LogP contribution in [0.5, 0.6) is 0 Å². The predicted molar refractivity (Wildman–Crippen MR) is 157 cm³/mol. The average molecular weight is 559 g/mol. The number of hydrogen-bond donors (Lipinski definition) is 0. The van der Waals surface area contributed by atoms with Crippen molar-refractivity contribution < 1.29 is 19.1 Å². The molecule has 0 aliphatic carbocycles. The lowest BCUT2D eigenvalue weighted by Crippen LogP contribution is -2.16. The van der Waals surface area contributed by atoms with Gasteiger partial charge in [0.05, 0.1) is 9.16 Å². The topological polar surface area (TPSA) is 52.6 Å². The van der Waals surface area contributed by atoms with Crippen molar-refractivity contribution in [3.63, 3.8) is 0 Å². The molecule has 0 radical (unpaired) electrons. The maximum absolute atomic E-state index is 11.8. The maximum atomic E-state index is 11.8. The van der Waals surface area contributed by atoms with Gasteiger partial charge in [-0.05, 0) is 36.1 Å². The van der Waals surface area contributed by atoms with Gasteiger partial charge in [-0.25, -0.2) is 9.59 Å². The van der Waals surface area contributed by atoms with E-state index in [1.165, 1.54) is 22.3 Å². The van der Waals surface area contributed by atoms with Crippen LogP contribution in [0.2, 0.25) is 0 Å². The first-order valence-corrected chi connectivity index (χ1v) is 15.7. The van der Waals surface area contributed by atoms with Crippen LogP contribution in [-0.2, 0) is 19.1 Å². The largest absolute Gasteiger partial charge is 0.461 e. The van der Waals surface area contributed by atoms with Crippen LogP contribution < -0.4 is 0 Å². The third-order valence-electron chi connectivity index (χ3n) is 5.72. The highest BCUT2D eigenvalue weighted by atomic mass is 32.2. The van der Waals surface area contributed by atoms with Gasteiger partial charge >= 0.3 is 11.9 Å². The first-order chi connectivity index (χ1) is 17.3. The zero-order valence-corrected chi connectivity index (χ0v) is 23.7. The number of thioether (sulfide) groups is 4. The molecule has 0 aromatic heterocycles. The molecule has 2 saturated heterocycles. The zero-order valence-electron chi connectivity index (χ0n) is 20.4. The van der Waals surface area contributed by atoms with Crippen LogP contribution in [0.15, 0.2) is 72.8 Å². The van der Waals surface area contributed by atoms with Crippen LogP contribution in [0.25, 0.3) is 11.1 Å². The molecule has 190 valence electrons. The molecule has 0 saturated carbocycles. The average Bonchev–Trinajstić information content (AvgIpc) is 3.55. The molecule has 2 aliphatic heterocycles. The van der Waals surface area contributed by atoms with Crippen LogP contribution in [0.3, 0.4) is 0 Å². The van der Waals surface area contributed by atoms with Crippen molar-refractivity contribution in [1.82, 2.24) is 0 Å². The van der Waals surface area contributed by atoms with E-state index in [2.05, 4.69) is 61.7 Å². The second-order valence-electron chi connectivity index (χ2n) is 8.78. The molecule has 0 bridgehead atoms. The van der Waals surface area contributed by atoms with Gasteiger partial charge in [-0.15, -0.1) is 47.0 Å². The minimum Gasteiger partial charge on any atom is -0.461 e. The molecule has 2 aromatic carbocycles. The second-order valence-corrected chi connectivity index (χ2v) is 14.5. The van der Waals surface area contributed by atoms with Crippen molar-refractivity contribution in [1.29, 1.82) is 0 Å². The molecule has 4 unspecified atom stereocenters. The highest BCUT2D eigenvalue weighted by Gasteiger charge is 2.33. The monoisotopic (exact) mass is 558 g/mol. The van der Waals surface area contributed by atoms with E-state index in [4.69, 9.17) is 9.47 Å². The van der Waals surface area contributed by atoms with Crippen LogP contribution >= 0.6 is 47.0 Å². The van der Waals surface area contributed by atoms with Gasteiger partial charge in [0.2, 0.25) is 0 Å². The van der Waals surface area contributed by atoms with Crippen molar-refractivity contribution in [3.05, 3.63) is 84.0 Å². The van der Waals surface area contributed by atoms with Gasteiger partial charge in [0, 0.05) is 33.2 Å². The molecular weight excluding hydrogens is 529 g/mol. The second kappa shape index (κ2) is 12.7. The first kappa shape index (κ1) is 27.3. The van der Waals surface area contributed by atoms with Gasteiger partial charge in [-0.2, -0.15) is 0 Å². The van der Waals surface area contributed by atoms with E-state index >= 15 is 0 Å². The van der Waals surface area contributed by atoms with Gasteiger partial charge in [-0.3, -0.25) is 0 Å². The molecule has 36 heavy (non-hydrogen) atoms. The highest BCUT2D eigenvalue weighted by molar-refractivity contribution is 8.20. The number of esters is 2. The molecule has 0 amide bonds. The van der Waals surface area contributed by atoms with E-state index in [9.17, 15) is 9.59 Å². The molecule has 4 atom stereocenters. The zero-order chi connectivity index (χ0) is 25.7. The molecule has 0 spiro atoms. The summed E-state index contributed by atoms with van der Waals surface area (Å²) >= 11 is 7.54. The number of ether oxygens (including phenoxy) is 2. The van der Waals surface area contributed by atoms with E-state index in [-0.39, 0.29) is 31.6 Å². The highest BCUT2D eigenvalue weighted by Crippen LogP contribution is 2.55. The predicted octanol–water partition coefficient (Wildman–Crippen LogP) is 7.29. The molecule has 0 N–H and O–H groups in total. The normalized spacial score (nSPS) is 23.3. The maximum Gasteiger partial charge on any atom is 0.333 e. The van der Waals surface area contributed by atoms with Gasteiger partial charge in [0.15, 0.2) is 0 Å². The Morgan fingerprint density at radius 2 is 1.14 bits per heavy atom. The molecule has 4 nitrogen and oxygen atoms in total. The summed E-state index contributed by atoms with van der Waals surface area (Å²) in [6, 6.07) is 17.2. The summed E-state index contributed by atoms with van der Waals surface area (Å²) in [5, 5.41) is 0.519. The minimum atomic E-state index is -0.322. The lowest BCUT2D eigenvalue weighted by molar-refractivity contribution is -0.139. The fraction of sp³-hybridized carbons (Fsp3) is 0.357. The molecule has 8 heteroatoms. The number of rotatable bonds is 9. The van der Waals surface area contributed by atoms with Crippen molar-refractivity contribution in [2.75, 3.05) is 24.7 Å². The van der Waals surface area contributed by atoms with Gasteiger partial charge in [0.25, 0.3) is 0 Å². The molecule has 2 fully saturated rings. The van der Waals surface area contributed by atoms with E-state index in [0.717, 1.165) is 11.5 Å². The van der Waals surface area contributed by atoms with E-state index in [1.54, 1.807) is 13.8 Å². The number of benzene rings is 2. The lowest BCUT2D eigenvalue weighted by Gasteiger charge is -2.20. The fourth-order valence-corrected chi connectivity index (χ4v) is 10.5. The Balaban J connectivity index is 1.48. The first-order valence-electron chi connectivity index (χ1n) is 11.7. The smallest absolute Gasteiger partial charge is 0.333 e. The summed E-state index contributed by atoms with van der Waals surface area (Å²) in [5.74, 6) is 1.23. The quantitative estimate of drug-likeness (QED) is 0.235. The number of hydrogen-bond acceptors (Lipinski definition) is 8. The third kappa shape index (κ3) is 6.77. The summed E-state index contributed by atoms with van der Waals surface area (Å²) in [5.41, 5.74) is 5.96. The Bertz CT molecular complexity index is 1060. The Morgan fingerprint density at radius 3 is 1.53 bits per heavy atom. The van der Waals surface area contributed by atoms with Crippen LogP contribution in [0.4, 0.5) is 0 Å². The summed E-state index contributed by atoms with van der Waals surface area (Å²) in [7, 11) is 0. The molecule has 4 rings (SSSR count). The summed E-state index contributed by atoms with van der Waals surface area (Å²) in [4.78, 5) is 23.6. The SMILES string of the molecule is C=C(C)C(=O)OCC1CSC(c2ccccc2-c2ccccc2C2SCC(COC(=O)C(=C)C)S2)S1. The molecule has 2 heterocycles. The summed E-state index contributed by atoms with van der Waals surface area (Å²) in [6.07, 6.45) is 0. The Hall–Kier alpha value is -1.74. The van der Waals surface area contributed by atoms with Gasteiger partial charge in [0.1, 0.15) is 13.2 Å². The Kier molecular flexibility index (Phi) is 9.61. The minimum absolute atomic E-state index is 0.259. The Morgan fingerprint density at radius 1 is 0.750 bits per heavy atom. The lowest BCUT2D eigenvalue weighted by atomic mass is 9.96. The fourth-order valence-electron chi connectivity index (χ4n) is 3.88. The van der Waals surface area contributed by atoms with Crippen LogP contribution in [0.1, 0.15) is 34.1 Å². The number of carbonyl (C=O) groups is 2. The van der Waals surface area contributed by atoms with Crippen molar-refractivity contribution in [3.8, 4) is 11.1 Å². The molecule has 2 aliphatic rings. The van der Waals surface area contributed by atoms with E-state index < -0.39 is 0 Å². The third-order valence-corrected chi connectivity index (χ3v) is 12.3. The standard InChI is InChI=1S/C28H30O4S4/c1-17(2)25(29)31-13-19-15-33-27(35-19)23-11-7-5-9-21(23)22-10-6-8-12-24(22)28-34-16-20(36-28)14-32-26(30)18(3)4/h5-12,19-20,27-28H,1,3,13-16H2,2,4H3. The van der Waals surface area contributed by atoms with Crippen molar-refractivity contribution in [2.24, 2.45) is 0 Å². The van der Waals surface area contributed by atoms with Gasteiger partial charge < -0.3 is 9.47 Å². The van der Waals surface area contributed by atoms with Gasteiger partial charge in [-0.1, -0.05) is 61.7 Å². The van der Waals surface area contributed by atoms with E-state index in [1.807, 2.05) is 47.0 Å². The molecule has 2 aromatic rings. The van der Waals surface area contributed by atoms with E-state index in [0.29, 0.717) is 24.4 Å². The van der Waals surface area contributed by atoms with Crippen molar-refractivity contribution >= 4 is 59.0 Å². The van der Waals surface area contributed by atoms with Crippen LogP contribution in [0, 0.1) is 0 Å². The summed E-state index contributed by atoms with van der Waals surface area (Å²) in [6.45, 7) is 11.5. The number of carbonyl (C=O) groups excluding carboxylic acids is 2. The summed E-state index contributed by atoms with van der Waals surface area (Å²) < 4.78 is 11.4.